The van der Waals surface area contributed by atoms with Gasteiger partial charge in [0.1, 0.15) is 0 Å². The van der Waals surface area contributed by atoms with Crippen molar-refractivity contribution in [1.29, 1.82) is 0 Å². The van der Waals surface area contributed by atoms with Crippen LogP contribution in [0.15, 0.2) is 12.1 Å². The fraction of sp³-hybridized carbons (Fsp3) is 0.722. The van der Waals surface area contributed by atoms with Crippen LogP contribution >= 0.6 is 11.3 Å². The fourth-order valence-corrected chi connectivity index (χ4v) is 4.32. The molecule has 1 aliphatic heterocycles. The summed E-state index contributed by atoms with van der Waals surface area (Å²) >= 11 is 1.84. The lowest BCUT2D eigenvalue weighted by molar-refractivity contribution is -0.135. The molecule has 1 aliphatic rings. The third kappa shape index (κ3) is 5.30. The third-order valence-electron chi connectivity index (χ3n) is 4.62. The highest BCUT2D eigenvalue weighted by Crippen LogP contribution is 2.19. The Morgan fingerprint density at radius 3 is 2.57 bits per heavy atom. The van der Waals surface area contributed by atoms with Crippen LogP contribution in [0.2, 0.25) is 0 Å². The van der Waals surface area contributed by atoms with Gasteiger partial charge in [0, 0.05) is 55.0 Å². The maximum Gasteiger partial charge on any atom is 0.222 e. The van der Waals surface area contributed by atoms with Crippen LogP contribution in [-0.2, 0) is 16.0 Å². The van der Waals surface area contributed by atoms with Crippen molar-refractivity contribution in [3.8, 4) is 0 Å². The first-order chi connectivity index (χ1) is 11.0. The molecule has 1 aromatic heterocycles. The van der Waals surface area contributed by atoms with E-state index in [-0.39, 0.29) is 0 Å². The summed E-state index contributed by atoms with van der Waals surface area (Å²) in [4.78, 5) is 19.7. The second-order valence-corrected chi connectivity index (χ2v) is 7.97. The monoisotopic (exact) mass is 338 g/mol. The number of nitrogens with zero attached hydrogens (tertiary/aromatic N) is 2. The Balaban J connectivity index is 1.77. The zero-order chi connectivity index (χ0) is 16.8. The number of methoxy groups -OCH3 is 1. The van der Waals surface area contributed by atoms with Crippen LogP contribution in [0.5, 0.6) is 0 Å². The van der Waals surface area contributed by atoms with Gasteiger partial charge in [-0.05, 0) is 45.7 Å². The molecule has 1 amide bonds. The minimum Gasteiger partial charge on any atom is -0.383 e. The number of amides is 1. The van der Waals surface area contributed by atoms with E-state index in [9.17, 15) is 4.79 Å². The summed E-state index contributed by atoms with van der Waals surface area (Å²) < 4.78 is 5.19. The van der Waals surface area contributed by atoms with Crippen molar-refractivity contribution in [2.75, 3.05) is 33.4 Å². The SMILES string of the molecule is COCCN1C(C)CN(C(=O)CCCc2ccc(C)s2)CC1C. The molecule has 0 aromatic carbocycles. The first kappa shape index (κ1) is 18.4. The van der Waals surface area contributed by atoms with Gasteiger partial charge in [-0.15, -0.1) is 11.3 Å². The van der Waals surface area contributed by atoms with E-state index in [1.54, 1.807) is 7.11 Å². The van der Waals surface area contributed by atoms with Gasteiger partial charge in [0.2, 0.25) is 5.91 Å². The van der Waals surface area contributed by atoms with Crippen LogP contribution in [0, 0.1) is 6.92 Å². The van der Waals surface area contributed by atoms with Crippen molar-refractivity contribution in [2.24, 2.45) is 0 Å². The van der Waals surface area contributed by atoms with Gasteiger partial charge in [0.15, 0.2) is 0 Å². The highest BCUT2D eigenvalue weighted by atomic mass is 32.1. The Morgan fingerprint density at radius 1 is 1.30 bits per heavy atom. The number of aryl methyl sites for hydroxylation is 2. The number of rotatable bonds is 7. The summed E-state index contributed by atoms with van der Waals surface area (Å²) in [5, 5.41) is 0. The zero-order valence-corrected chi connectivity index (χ0v) is 15.7. The van der Waals surface area contributed by atoms with E-state index in [4.69, 9.17) is 4.74 Å². The Morgan fingerprint density at radius 2 is 2.00 bits per heavy atom. The molecule has 0 bridgehead atoms. The number of hydrogen-bond acceptors (Lipinski definition) is 4. The predicted molar refractivity (Wildman–Crippen MR) is 96.1 cm³/mol. The Bertz CT molecular complexity index is 491. The molecule has 4 nitrogen and oxygen atoms in total. The molecule has 23 heavy (non-hydrogen) atoms. The molecule has 2 rings (SSSR count). The van der Waals surface area contributed by atoms with Gasteiger partial charge in [-0.3, -0.25) is 9.69 Å². The highest BCUT2D eigenvalue weighted by Gasteiger charge is 2.31. The molecule has 0 radical (unpaired) electrons. The quantitative estimate of drug-likeness (QED) is 0.766. The standard InChI is InChI=1S/C18H30N2O2S/c1-14-12-19(13-15(2)20(14)10-11-22-4)18(21)7-5-6-17-9-8-16(3)23-17/h8-9,14-15H,5-7,10-13H2,1-4H3. The molecule has 2 atom stereocenters. The van der Waals surface area contributed by atoms with E-state index in [1.807, 2.05) is 11.3 Å². The Labute approximate surface area is 144 Å². The normalized spacial score (nSPS) is 22.5. The number of carbonyl (C=O) groups excluding carboxylic acids is 1. The van der Waals surface area contributed by atoms with Gasteiger partial charge in [-0.2, -0.15) is 0 Å². The first-order valence-electron chi connectivity index (χ1n) is 8.59. The van der Waals surface area contributed by atoms with E-state index in [0.29, 0.717) is 24.4 Å². The first-order valence-corrected chi connectivity index (χ1v) is 9.40. The lowest BCUT2D eigenvalue weighted by Gasteiger charge is -2.44. The van der Waals surface area contributed by atoms with E-state index in [1.165, 1.54) is 9.75 Å². The average Bonchev–Trinajstić information content (AvgIpc) is 2.91. The summed E-state index contributed by atoms with van der Waals surface area (Å²) in [7, 11) is 1.74. The molecule has 1 fully saturated rings. The van der Waals surface area contributed by atoms with Gasteiger partial charge in [0.25, 0.3) is 0 Å². The average molecular weight is 339 g/mol. The maximum atomic E-state index is 12.5. The van der Waals surface area contributed by atoms with Crippen LogP contribution in [0.3, 0.4) is 0 Å². The zero-order valence-electron chi connectivity index (χ0n) is 14.9. The van der Waals surface area contributed by atoms with Crippen LogP contribution in [0.4, 0.5) is 0 Å². The molecule has 0 N–H and O–H groups in total. The molecular formula is C18H30N2O2S. The van der Waals surface area contributed by atoms with Crippen molar-refractivity contribution in [3.05, 3.63) is 21.9 Å². The minimum atomic E-state index is 0.309. The van der Waals surface area contributed by atoms with Crippen LogP contribution < -0.4 is 0 Å². The van der Waals surface area contributed by atoms with E-state index in [0.717, 1.165) is 39.1 Å². The number of ether oxygens (including phenoxy) is 1. The lowest BCUT2D eigenvalue weighted by atomic mass is 10.1. The van der Waals surface area contributed by atoms with Gasteiger partial charge >= 0.3 is 0 Å². The molecule has 0 spiro atoms. The number of thiophene rings is 1. The van der Waals surface area contributed by atoms with Gasteiger partial charge in [-0.25, -0.2) is 0 Å². The summed E-state index contributed by atoms with van der Waals surface area (Å²) in [6.07, 6.45) is 2.63. The Hall–Kier alpha value is -0.910. The molecule has 2 unspecified atom stereocenters. The molecule has 130 valence electrons. The Kier molecular flexibility index (Phi) is 7.06. The largest absolute Gasteiger partial charge is 0.383 e. The summed E-state index contributed by atoms with van der Waals surface area (Å²) in [6, 6.07) is 5.14. The van der Waals surface area contributed by atoms with Crippen molar-refractivity contribution in [3.63, 3.8) is 0 Å². The van der Waals surface area contributed by atoms with Crippen molar-refractivity contribution in [2.45, 2.75) is 52.1 Å². The van der Waals surface area contributed by atoms with Gasteiger partial charge in [0.05, 0.1) is 6.61 Å². The lowest BCUT2D eigenvalue weighted by Crippen LogP contribution is -2.58. The van der Waals surface area contributed by atoms with Gasteiger partial charge < -0.3 is 9.64 Å². The summed E-state index contributed by atoms with van der Waals surface area (Å²) in [6.45, 7) is 9.92. The van der Waals surface area contributed by atoms with E-state index >= 15 is 0 Å². The smallest absolute Gasteiger partial charge is 0.222 e. The molecule has 5 heteroatoms. The highest BCUT2D eigenvalue weighted by molar-refractivity contribution is 7.11. The van der Waals surface area contributed by atoms with Crippen LogP contribution in [0.25, 0.3) is 0 Å². The third-order valence-corrected chi connectivity index (χ3v) is 5.68. The fourth-order valence-electron chi connectivity index (χ4n) is 3.39. The second kappa shape index (κ2) is 8.81. The molecule has 1 aromatic rings. The van der Waals surface area contributed by atoms with E-state index in [2.05, 4.69) is 42.7 Å². The minimum absolute atomic E-state index is 0.309. The van der Waals surface area contributed by atoms with Crippen LogP contribution in [0.1, 0.15) is 36.4 Å². The molecular weight excluding hydrogens is 308 g/mol. The van der Waals surface area contributed by atoms with E-state index < -0.39 is 0 Å². The number of hydrogen-bond donors (Lipinski definition) is 0. The summed E-state index contributed by atoms with van der Waals surface area (Å²) in [5.74, 6) is 0.309. The maximum absolute atomic E-state index is 12.5. The molecule has 2 heterocycles. The molecule has 0 aliphatic carbocycles. The molecule has 1 saturated heterocycles. The number of piperazine rings is 1. The van der Waals surface area contributed by atoms with Crippen molar-refractivity contribution >= 4 is 17.2 Å². The summed E-state index contributed by atoms with van der Waals surface area (Å²) in [5.41, 5.74) is 0. The van der Waals surface area contributed by atoms with Crippen molar-refractivity contribution in [1.82, 2.24) is 9.80 Å². The predicted octanol–water partition coefficient (Wildman–Crippen LogP) is 2.95. The number of carbonyl (C=O) groups is 1. The van der Waals surface area contributed by atoms with Crippen LogP contribution in [-0.4, -0.2) is 61.1 Å². The molecule has 0 saturated carbocycles. The topological polar surface area (TPSA) is 32.8 Å². The second-order valence-electron chi connectivity index (χ2n) is 6.59. The van der Waals surface area contributed by atoms with Crippen molar-refractivity contribution < 1.29 is 9.53 Å². The van der Waals surface area contributed by atoms with Gasteiger partial charge in [-0.1, -0.05) is 0 Å².